The predicted octanol–water partition coefficient (Wildman–Crippen LogP) is 2.47. The number of nitrogens with two attached hydrogens (primary N) is 1. The van der Waals surface area contributed by atoms with Crippen LogP contribution in [0.5, 0.6) is 0 Å². The van der Waals surface area contributed by atoms with Gasteiger partial charge in [0.25, 0.3) is 0 Å². The van der Waals surface area contributed by atoms with Crippen LogP contribution in [0.25, 0.3) is 0 Å². The van der Waals surface area contributed by atoms with Gasteiger partial charge in [0.1, 0.15) is 0 Å². The van der Waals surface area contributed by atoms with Gasteiger partial charge in [0.15, 0.2) is 0 Å². The minimum Gasteiger partial charge on any atom is -0.356 e. The lowest BCUT2D eigenvalue weighted by Crippen LogP contribution is -2.55. The molecular weight excluding hydrogens is 326 g/mol. The fraction of sp³-hybridized carbons (Fsp3) is 0.889. The van der Waals surface area contributed by atoms with Crippen molar-refractivity contribution in [2.24, 2.45) is 17.6 Å². The quantitative estimate of drug-likeness (QED) is 0.791. The minimum atomic E-state index is -0.363. The molecule has 0 bridgehead atoms. The standard InChI is InChI=1S/C18H33N3O2.ClH/c1-3-7-16(22)20-12-14-8-6-11-21(13-14)17(23)15-9-4-5-10-18(15,2)19;/h14-15H,3-13,19H2,1-2H3,(H,20,22);1H. The van der Waals surface area contributed by atoms with Crippen LogP contribution in [0.4, 0.5) is 0 Å². The second-order valence-electron chi connectivity index (χ2n) is 7.65. The number of piperidine rings is 1. The minimum absolute atomic E-state index is 0. The first-order valence-electron chi connectivity index (χ1n) is 9.28. The maximum atomic E-state index is 12.9. The third-order valence-corrected chi connectivity index (χ3v) is 5.45. The predicted molar refractivity (Wildman–Crippen MR) is 99.0 cm³/mol. The zero-order chi connectivity index (χ0) is 16.9. The van der Waals surface area contributed by atoms with Gasteiger partial charge in [-0.15, -0.1) is 12.4 Å². The molecule has 2 amide bonds. The van der Waals surface area contributed by atoms with Gasteiger partial charge >= 0.3 is 0 Å². The van der Waals surface area contributed by atoms with E-state index >= 15 is 0 Å². The largest absolute Gasteiger partial charge is 0.356 e. The van der Waals surface area contributed by atoms with Crippen LogP contribution in [0.15, 0.2) is 0 Å². The van der Waals surface area contributed by atoms with Crippen LogP contribution in [-0.2, 0) is 9.59 Å². The van der Waals surface area contributed by atoms with E-state index in [0.29, 0.717) is 18.9 Å². The Hall–Kier alpha value is -0.810. The summed E-state index contributed by atoms with van der Waals surface area (Å²) in [7, 11) is 0. The molecular formula is C18H34ClN3O2. The molecule has 0 aromatic rings. The summed E-state index contributed by atoms with van der Waals surface area (Å²) in [6.45, 7) is 6.32. The maximum absolute atomic E-state index is 12.9. The first kappa shape index (κ1) is 21.2. The molecule has 0 spiro atoms. The van der Waals surface area contributed by atoms with E-state index in [0.717, 1.165) is 58.0 Å². The number of carbonyl (C=O) groups is 2. The van der Waals surface area contributed by atoms with Crippen molar-refractivity contribution in [3.8, 4) is 0 Å². The zero-order valence-electron chi connectivity index (χ0n) is 15.2. The summed E-state index contributed by atoms with van der Waals surface area (Å²) < 4.78 is 0. The summed E-state index contributed by atoms with van der Waals surface area (Å²) in [6, 6.07) is 0. The van der Waals surface area contributed by atoms with Gasteiger partial charge in [-0.3, -0.25) is 9.59 Å². The molecule has 1 aliphatic carbocycles. The first-order valence-corrected chi connectivity index (χ1v) is 9.28. The molecule has 5 nitrogen and oxygen atoms in total. The lowest BCUT2D eigenvalue weighted by atomic mass is 9.73. The van der Waals surface area contributed by atoms with Gasteiger partial charge < -0.3 is 16.0 Å². The number of hydrogen-bond acceptors (Lipinski definition) is 3. The monoisotopic (exact) mass is 359 g/mol. The van der Waals surface area contributed by atoms with Crippen molar-refractivity contribution >= 4 is 24.2 Å². The number of nitrogens with zero attached hydrogens (tertiary/aromatic N) is 1. The molecule has 6 heteroatoms. The molecule has 24 heavy (non-hydrogen) atoms. The Balaban J connectivity index is 0.00000288. The summed E-state index contributed by atoms with van der Waals surface area (Å²) in [5.41, 5.74) is 6.03. The third kappa shape index (κ3) is 5.62. The van der Waals surface area contributed by atoms with Gasteiger partial charge in [-0.25, -0.2) is 0 Å². The highest BCUT2D eigenvalue weighted by molar-refractivity contribution is 5.85. The molecule has 1 heterocycles. The Bertz CT molecular complexity index is 428. The number of rotatable bonds is 5. The number of hydrogen-bond donors (Lipinski definition) is 2. The van der Waals surface area contributed by atoms with Crippen molar-refractivity contribution in [1.82, 2.24) is 10.2 Å². The van der Waals surface area contributed by atoms with Crippen molar-refractivity contribution in [2.45, 2.75) is 70.8 Å². The SMILES string of the molecule is CCCC(=O)NCC1CCCN(C(=O)C2CCCCC2(C)N)C1.Cl. The molecule has 2 rings (SSSR count). The van der Waals surface area contributed by atoms with Crippen LogP contribution in [0.3, 0.4) is 0 Å². The number of halogens is 1. The highest BCUT2D eigenvalue weighted by Gasteiger charge is 2.40. The summed E-state index contributed by atoms with van der Waals surface area (Å²) >= 11 is 0. The van der Waals surface area contributed by atoms with E-state index < -0.39 is 0 Å². The van der Waals surface area contributed by atoms with E-state index in [1.807, 2.05) is 18.7 Å². The van der Waals surface area contributed by atoms with Crippen LogP contribution in [-0.4, -0.2) is 41.9 Å². The van der Waals surface area contributed by atoms with Crippen LogP contribution in [0.1, 0.15) is 65.2 Å². The Kier molecular flexibility index (Phi) is 8.51. The number of nitrogens with one attached hydrogen (secondary N) is 1. The lowest BCUT2D eigenvalue weighted by molar-refractivity contribution is -0.140. The average molecular weight is 360 g/mol. The Labute approximate surface area is 152 Å². The Morgan fingerprint density at radius 2 is 2.00 bits per heavy atom. The van der Waals surface area contributed by atoms with Gasteiger partial charge in [-0.1, -0.05) is 19.8 Å². The Morgan fingerprint density at radius 3 is 2.67 bits per heavy atom. The van der Waals surface area contributed by atoms with Crippen molar-refractivity contribution < 1.29 is 9.59 Å². The molecule has 0 radical (unpaired) electrons. The van der Waals surface area contributed by atoms with E-state index in [1.54, 1.807) is 0 Å². The topological polar surface area (TPSA) is 75.4 Å². The normalized spacial score (nSPS) is 30.4. The van der Waals surface area contributed by atoms with Gasteiger partial charge in [0.2, 0.25) is 11.8 Å². The van der Waals surface area contributed by atoms with Crippen LogP contribution >= 0.6 is 12.4 Å². The van der Waals surface area contributed by atoms with Crippen molar-refractivity contribution in [1.29, 1.82) is 0 Å². The average Bonchev–Trinajstić information content (AvgIpc) is 2.52. The van der Waals surface area contributed by atoms with Crippen molar-refractivity contribution in [3.63, 3.8) is 0 Å². The summed E-state index contributed by atoms with van der Waals surface area (Å²) in [6.07, 6.45) is 7.65. The van der Waals surface area contributed by atoms with Gasteiger partial charge in [0.05, 0.1) is 5.92 Å². The molecule has 3 unspecified atom stereocenters. The molecule has 3 atom stereocenters. The smallest absolute Gasteiger partial charge is 0.227 e. The lowest BCUT2D eigenvalue weighted by Gasteiger charge is -2.42. The van der Waals surface area contributed by atoms with Gasteiger partial charge in [0, 0.05) is 31.6 Å². The summed E-state index contributed by atoms with van der Waals surface area (Å²) in [4.78, 5) is 26.5. The third-order valence-electron chi connectivity index (χ3n) is 5.45. The molecule has 140 valence electrons. The molecule has 0 aromatic heterocycles. The summed E-state index contributed by atoms with van der Waals surface area (Å²) in [5, 5.41) is 3.01. The van der Waals surface area contributed by atoms with Gasteiger partial charge in [-0.2, -0.15) is 0 Å². The molecule has 1 saturated carbocycles. The molecule has 1 saturated heterocycles. The van der Waals surface area contributed by atoms with Gasteiger partial charge in [-0.05, 0) is 44.9 Å². The highest BCUT2D eigenvalue weighted by Crippen LogP contribution is 2.33. The fourth-order valence-corrected chi connectivity index (χ4v) is 3.99. The number of likely N-dealkylation sites (tertiary alicyclic amines) is 1. The zero-order valence-corrected chi connectivity index (χ0v) is 16.0. The maximum Gasteiger partial charge on any atom is 0.227 e. The Morgan fingerprint density at radius 1 is 1.25 bits per heavy atom. The molecule has 2 aliphatic rings. The second kappa shape index (κ2) is 9.62. The number of amides is 2. The van der Waals surface area contributed by atoms with E-state index in [-0.39, 0.29) is 35.7 Å². The van der Waals surface area contributed by atoms with E-state index in [4.69, 9.17) is 5.73 Å². The van der Waals surface area contributed by atoms with E-state index in [2.05, 4.69) is 5.32 Å². The fourth-order valence-electron chi connectivity index (χ4n) is 3.99. The molecule has 0 aromatic carbocycles. The van der Waals surface area contributed by atoms with E-state index in [1.165, 1.54) is 0 Å². The first-order chi connectivity index (χ1) is 10.9. The summed E-state index contributed by atoms with van der Waals surface area (Å²) in [5.74, 6) is 0.697. The molecule has 3 N–H and O–H groups in total. The number of carbonyl (C=O) groups excluding carboxylic acids is 2. The van der Waals surface area contributed by atoms with Crippen LogP contribution < -0.4 is 11.1 Å². The molecule has 2 fully saturated rings. The van der Waals surface area contributed by atoms with Crippen LogP contribution in [0.2, 0.25) is 0 Å². The second-order valence-corrected chi connectivity index (χ2v) is 7.65. The van der Waals surface area contributed by atoms with Crippen LogP contribution in [0, 0.1) is 11.8 Å². The molecule has 1 aliphatic heterocycles. The highest BCUT2D eigenvalue weighted by atomic mass is 35.5. The van der Waals surface area contributed by atoms with E-state index in [9.17, 15) is 9.59 Å². The van der Waals surface area contributed by atoms with Crippen molar-refractivity contribution in [2.75, 3.05) is 19.6 Å². The van der Waals surface area contributed by atoms with Crippen molar-refractivity contribution in [3.05, 3.63) is 0 Å².